The second kappa shape index (κ2) is 7.47. The molecule has 0 aromatic heterocycles. The number of aryl methyl sites for hydroxylation is 1. The van der Waals surface area contributed by atoms with Gasteiger partial charge in [-0.25, -0.2) is 0 Å². The number of hydrogen-bond donors (Lipinski definition) is 0. The average Bonchev–Trinajstić information content (AvgIpc) is 2.51. The molecule has 1 fully saturated rings. The van der Waals surface area contributed by atoms with Crippen molar-refractivity contribution in [3.8, 4) is 5.75 Å². The lowest BCUT2D eigenvalue weighted by Crippen LogP contribution is -2.38. The van der Waals surface area contributed by atoms with Gasteiger partial charge in [0.15, 0.2) is 5.78 Å². The molecule has 1 saturated heterocycles. The summed E-state index contributed by atoms with van der Waals surface area (Å²) in [6.07, 6.45) is 5.83. The maximum atomic E-state index is 12.9. The predicted molar refractivity (Wildman–Crippen MR) is 91.4 cm³/mol. The topological polar surface area (TPSA) is 29.5 Å². The molecule has 0 saturated carbocycles. The van der Waals surface area contributed by atoms with Gasteiger partial charge in [-0.1, -0.05) is 12.5 Å². The van der Waals surface area contributed by atoms with Crippen molar-refractivity contribution < 1.29 is 9.53 Å². The van der Waals surface area contributed by atoms with Crippen LogP contribution in [0.1, 0.15) is 47.2 Å². The van der Waals surface area contributed by atoms with Crippen LogP contribution >= 0.6 is 12.4 Å². The number of piperidine rings is 1. The van der Waals surface area contributed by atoms with Gasteiger partial charge in [0, 0.05) is 23.6 Å². The first-order valence-electron chi connectivity index (χ1n) is 8.13. The zero-order chi connectivity index (χ0) is 14.8. The lowest BCUT2D eigenvalue weighted by molar-refractivity contribution is 0.0843. The standard InChI is InChI=1S/C18H25NO2.ClH/c1-13-6-9-16(21-2)15-8-7-14(18(20)17(13)15)12-19-10-4-3-5-11-19;/h6,9,14H,3-5,7-8,10-12H2,1-2H3;1H. The largest absolute Gasteiger partial charge is 0.496 e. The summed E-state index contributed by atoms with van der Waals surface area (Å²) in [4.78, 5) is 15.4. The molecule has 1 unspecified atom stereocenters. The van der Waals surface area contributed by atoms with E-state index in [9.17, 15) is 4.79 Å². The summed E-state index contributed by atoms with van der Waals surface area (Å²) in [6, 6.07) is 4.01. The Labute approximate surface area is 139 Å². The molecule has 0 radical (unpaired) electrons. The molecular formula is C18H26ClNO2. The Kier molecular flexibility index (Phi) is 5.87. The van der Waals surface area contributed by atoms with E-state index in [-0.39, 0.29) is 18.3 Å². The third-order valence-corrected chi connectivity index (χ3v) is 4.99. The molecule has 0 N–H and O–H groups in total. The number of carbonyl (C=O) groups is 1. The molecule has 0 amide bonds. The van der Waals surface area contributed by atoms with Gasteiger partial charge in [0.05, 0.1) is 7.11 Å². The molecule has 3 rings (SSSR count). The fourth-order valence-electron chi connectivity index (χ4n) is 3.81. The molecular weight excluding hydrogens is 298 g/mol. The summed E-state index contributed by atoms with van der Waals surface area (Å²) >= 11 is 0. The van der Waals surface area contributed by atoms with Crippen molar-refractivity contribution in [2.24, 2.45) is 5.92 Å². The lowest BCUT2D eigenvalue weighted by atomic mass is 9.80. The highest BCUT2D eigenvalue weighted by atomic mass is 35.5. The maximum Gasteiger partial charge on any atom is 0.167 e. The monoisotopic (exact) mass is 323 g/mol. The van der Waals surface area contributed by atoms with E-state index < -0.39 is 0 Å². The number of ether oxygens (including phenoxy) is 1. The lowest BCUT2D eigenvalue weighted by Gasteiger charge is -2.32. The normalized spacial score (nSPS) is 21.9. The van der Waals surface area contributed by atoms with Crippen LogP contribution in [0, 0.1) is 12.8 Å². The minimum Gasteiger partial charge on any atom is -0.496 e. The van der Waals surface area contributed by atoms with Gasteiger partial charge in [0.2, 0.25) is 0 Å². The maximum absolute atomic E-state index is 12.9. The molecule has 1 atom stereocenters. The molecule has 122 valence electrons. The zero-order valence-corrected chi connectivity index (χ0v) is 14.4. The molecule has 0 spiro atoms. The van der Waals surface area contributed by atoms with E-state index in [0.717, 1.165) is 54.9 Å². The zero-order valence-electron chi connectivity index (χ0n) is 13.6. The second-order valence-corrected chi connectivity index (χ2v) is 6.40. The average molecular weight is 324 g/mol. The number of carbonyl (C=O) groups excluding carboxylic acids is 1. The first kappa shape index (κ1) is 17.3. The van der Waals surface area contributed by atoms with Crippen molar-refractivity contribution in [2.75, 3.05) is 26.7 Å². The molecule has 1 heterocycles. The van der Waals surface area contributed by atoms with E-state index in [0.29, 0.717) is 5.78 Å². The van der Waals surface area contributed by atoms with Crippen molar-refractivity contribution in [3.05, 3.63) is 28.8 Å². The van der Waals surface area contributed by atoms with Gasteiger partial charge in [-0.15, -0.1) is 12.4 Å². The smallest absolute Gasteiger partial charge is 0.167 e. The number of rotatable bonds is 3. The molecule has 1 aliphatic carbocycles. The van der Waals surface area contributed by atoms with Gasteiger partial charge in [-0.3, -0.25) is 4.79 Å². The number of benzene rings is 1. The summed E-state index contributed by atoms with van der Waals surface area (Å²) in [6.45, 7) is 5.30. The number of ketones is 1. The predicted octanol–water partition coefficient (Wildman–Crippen LogP) is 3.66. The van der Waals surface area contributed by atoms with Gasteiger partial charge < -0.3 is 9.64 Å². The minimum atomic E-state index is 0. The number of likely N-dealkylation sites (tertiary alicyclic amines) is 1. The molecule has 1 aromatic carbocycles. The van der Waals surface area contributed by atoms with E-state index in [2.05, 4.69) is 4.90 Å². The van der Waals surface area contributed by atoms with E-state index in [1.807, 2.05) is 19.1 Å². The summed E-state index contributed by atoms with van der Waals surface area (Å²) in [5.74, 6) is 1.38. The van der Waals surface area contributed by atoms with Crippen molar-refractivity contribution in [1.29, 1.82) is 0 Å². The molecule has 4 heteroatoms. The Hall–Kier alpha value is -1.06. The van der Waals surface area contributed by atoms with Crippen LogP contribution in [0.4, 0.5) is 0 Å². The Balaban J connectivity index is 0.00000176. The van der Waals surface area contributed by atoms with Gasteiger partial charge in [-0.05, 0) is 57.3 Å². The third kappa shape index (κ3) is 3.31. The summed E-state index contributed by atoms with van der Waals surface area (Å²) < 4.78 is 5.44. The highest BCUT2D eigenvalue weighted by Crippen LogP contribution is 2.34. The Morgan fingerprint density at radius 3 is 2.64 bits per heavy atom. The number of fused-ring (bicyclic) bond motifs is 1. The van der Waals surface area contributed by atoms with Crippen molar-refractivity contribution in [2.45, 2.75) is 39.0 Å². The SMILES string of the molecule is COc1ccc(C)c2c1CCC(CN1CCCCC1)C2=O.Cl. The fraction of sp³-hybridized carbons (Fsp3) is 0.611. The third-order valence-electron chi connectivity index (χ3n) is 4.99. The van der Waals surface area contributed by atoms with Crippen molar-refractivity contribution in [1.82, 2.24) is 4.90 Å². The molecule has 0 bridgehead atoms. The van der Waals surface area contributed by atoms with Crippen LogP contribution in [0.5, 0.6) is 5.75 Å². The van der Waals surface area contributed by atoms with Crippen LogP contribution in [0.2, 0.25) is 0 Å². The highest BCUT2D eigenvalue weighted by Gasteiger charge is 2.32. The summed E-state index contributed by atoms with van der Waals surface area (Å²) in [7, 11) is 1.69. The summed E-state index contributed by atoms with van der Waals surface area (Å²) in [5, 5.41) is 0. The van der Waals surface area contributed by atoms with Crippen LogP contribution < -0.4 is 4.74 Å². The van der Waals surface area contributed by atoms with Gasteiger partial charge >= 0.3 is 0 Å². The number of nitrogens with zero attached hydrogens (tertiary/aromatic N) is 1. The van der Waals surface area contributed by atoms with Gasteiger partial charge in [-0.2, -0.15) is 0 Å². The molecule has 1 aromatic rings. The van der Waals surface area contributed by atoms with Crippen LogP contribution in [0.3, 0.4) is 0 Å². The number of methoxy groups -OCH3 is 1. The van der Waals surface area contributed by atoms with E-state index in [1.54, 1.807) is 7.11 Å². The molecule has 22 heavy (non-hydrogen) atoms. The number of halogens is 1. The molecule has 1 aliphatic heterocycles. The van der Waals surface area contributed by atoms with Crippen LogP contribution in [-0.2, 0) is 6.42 Å². The van der Waals surface area contributed by atoms with Crippen LogP contribution in [0.25, 0.3) is 0 Å². The van der Waals surface area contributed by atoms with Crippen molar-refractivity contribution in [3.63, 3.8) is 0 Å². The molecule has 3 nitrogen and oxygen atoms in total. The Bertz CT molecular complexity index is 538. The van der Waals surface area contributed by atoms with Crippen LogP contribution in [0.15, 0.2) is 12.1 Å². The molecule has 2 aliphatic rings. The number of hydrogen-bond acceptors (Lipinski definition) is 3. The Morgan fingerprint density at radius 1 is 1.23 bits per heavy atom. The van der Waals surface area contributed by atoms with Gasteiger partial charge in [0.25, 0.3) is 0 Å². The second-order valence-electron chi connectivity index (χ2n) is 6.40. The fourth-order valence-corrected chi connectivity index (χ4v) is 3.81. The van der Waals surface area contributed by atoms with Gasteiger partial charge in [0.1, 0.15) is 5.75 Å². The van der Waals surface area contributed by atoms with Crippen LogP contribution in [-0.4, -0.2) is 37.4 Å². The Morgan fingerprint density at radius 2 is 1.95 bits per heavy atom. The first-order chi connectivity index (χ1) is 10.2. The van der Waals surface area contributed by atoms with E-state index in [4.69, 9.17) is 4.74 Å². The summed E-state index contributed by atoms with van der Waals surface area (Å²) in [5.41, 5.74) is 3.15. The highest BCUT2D eigenvalue weighted by molar-refractivity contribution is 6.02. The minimum absolute atomic E-state index is 0. The van der Waals surface area contributed by atoms with E-state index >= 15 is 0 Å². The van der Waals surface area contributed by atoms with E-state index in [1.165, 1.54) is 19.3 Å². The first-order valence-corrected chi connectivity index (χ1v) is 8.13. The quantitative estimate of drug-likeness (QED) is 0.850. The number of Topliss-reactive ketones (excluding diaryl/α,β-unsaturated/α-hetero) is 1. The van der Waals surface area contributed by atoms with Crippen molar-refractivity contribution >= 4 is 18.2 Å².